The van der Waals surface area contributed by atoms with Gasteiger partial charge in [0.15, 0.2) is 0 Å². The highest BCUT2D eigenvalue weighted by atomic mass is 16.6. The molecule has 8 bridgehead atoms. The Hall–Kier alpha value is -1.32. The first-order valence-corrected chi connectivity index (χ1v) is 13.3. The van der Waals surface area contributed by atoms with Crippen molar-refractivity contribution in [2.75, 3.05) is 0 Å². The summed E-state index contributed by atoms with van der Waals surface area (Å²) >= 11 is 0. The molecule has 4 nitrogen and oxygen atoms in total. The lowest BCUT2D eigenvalue weighted by molar-refractivity contribution is -0.218. The van der Waals surface area contributed by atoms with Crippen LogP contribution in [-0.2, 0) is 19.1 Å². The van der Waals surface area contributed by atoms with Crippen LogP contribution in [0.3, 0.4) is 0 Å². The smallest absolute Gasteiger partial charge is 0.334 e. The molecule has 8 aliphatic carbocycles. The van der Waals surface area contributed by atoms with Crippen LogP contribution >= 0.6 is 0 Å². The Morgan fingerprint density at radius 1 is 0.667 bits per heavy atom. The van der Waals surface area contributed by atoms with Crippen molar-refractivity contribution in [3.63, 3.8) is 0 Å². The molecule has 0 aromatic carbocycles. The molecule has 0 saturated heterocycles. The quantitative estimate of drug-likeness (QED) is 0.351. The topological polar surface area (TPSA) is 52.6 Å². The summed E-state index contributed by atoms with van der Waals surface area (Å²) < 4.78 is 12.4. The number of carbonyl (C=O) groups excluding carboxylic acids is 2. The maximum atomic E-state index is 13.1. The van der Waals surface area contributed by atoms with Crippen LogP contribution in [0.2, 0.25) is 0 Å². The highest BCUT2D eigenvalue weighted by Gasteiger charge is 2.63. The van der Waals surface area contributed by atoms with Gasteiger partial charge in [0.2, 0.25) is 0 Å². The zero-order valence-electron chi connectivity index (χ0n) is 21.2. The highest BCUT2D eigenvalue weighted by Crippen LogP contribution is 2.68. The lowest BCUT2D eigenvalue weighted by atomic mass is 9.43. The van der Waals surface area contributed by atoms with Crippen molar-refractivity contribution in [1.29, 1.82) is 0 Å². The van der Waals surface area contributed by atoms with Gasteiger partial charge in [-0.25, -0.2) is 4.79 Å². The van der Waals surface area contributed by atoms with Crippen LogP contribution in [0.15, 0.2) is 12.2 Å². The number of ether oxygens (including phenoxy) is 2. The molecule has 8 atom stereocenters. The summed E-state index contributed by atoms with van der Waals surface area (Å²) in [5, 5.41) is 0. The molecule has 0 aromatic rings. The maximum Gasteiger partial charge on any atom is 0.334 e. The Morgan fingerprint density at radius 3 is 1.45 bits per heavy atom. The predicted octanol–water partition coefficient (Wildman–Crippen LogP) is 6.52. The van der Waals surface area contributed by atoms with Gasteiger partial charge in [0, 0.05) is 5.57 Å². The van der Waals surface area contributed by atoms with Crippen LogP contribution in [0.1, 0.15) is 111 Å². The molecule has 0 aliphatic heterocycles. The van der Waals surface area contributed by atoms with Gasteiger partial charge >= 0.3 is 11.9 Å². The number of carbonyl (C=O) groups is 2. The fraction of sp³-hybridized carbons (Fsp3) is 0.862. The zero-order valence-corrected chi connectivity index (χ0v) is 21.2. The largest absolute Gasteiger partial charge is 0.459 e. The summed E-state index contributed by atoms with van der Waals surface area (Å²) in [6.07, 6.45) is 13.3. The molecule has 182 valence electrons. The van der Waals surface area contributed by atoms with Gasteiger partial charge in [-0.05, 0) is 111 Å². The number of hydrogen-bond donors (Lipinski definition) is 0. The van der Waals surface area contributed by atoms with Crippen LogP contribution in [0.5, 0.6) is 0 Å². The highest BCUT2D eigenvalue weighted by molar-refractivity contribution is 5.93. The van der Waals surface area contributed by atoms with E-state index < -0.39 is 0 Å². The molecule has 0 heterocycles. The molecule has 33 heavy (non-hydrogen) atoms. The Morgan fingerprint density at radius 2 is 1.06 bits per heavy atom. The summed E-state index contributed by atoms with van der Waals surface area (Å²) in [7, 11) is 0. The minimum Gasteiger partial charge on any atom is -0.459 e. The second-order valence-electron chi connectivity index (χ2n) is 15.3. The molecule has 8 saturated carbocycles. The van der Waals surface area contributed by atoms with E-state index in [1.807, 2.05) is 0 Å². The number of rotatable bonds is 5. The van der Waals surface area contributed by atoms with Crippen molar-refractivity contribution < 1.29 is 19.1 Å². The van der Waals surface area contributed by atoms with Crippen LogP contribution in [0.25, 0.3) is 0 Å². The molecular formula is C29H42O4. The Balaban J connectivity index is 1.10. The molecule has 4 unspecified atom stereocenters. The molecular weight excluding hydrogens is 412 g/mol. The lowest BCUT2D eigenvalue weighted by Crippen LogP contribution is -2.60. The van der Waals surface area contributed by atoms with Crippen molar-refractivity contribution in [3.05, 3.63) is 12.2 Å². The minimum atomic E-state index is -0.384. The second-order valence-corrected chi connectivity index (χ2v) is 15.3. The third-order valence-corrected chi connectivity index (χ3v) is 10.4. The van der Waals surface area contributed by atoms with Crippen molar-refractivity contribution in [2.24, 2.45) is 33.5 Å². The van der Waals surface area contributed by atoms with E-state index in [9.17, 15) is 9.59 Å². The Labute approximate surface area is 199 Å². The van der Waals surface area contributed by atoms with Gasteiger partial charge in [-0.3, -0.25) is 4.79 Å². The van der Waals surface area contributed by atoms with Gasteiger partial charge in [-0.1, -0.05) is 34.3 Å². The average molecular weight is 455 g/mol. The van der Waals surface area contributed by atoms with Crippen molar-refractivity contribution >= 4 is 11.9 Å². The Bertz CT molecular complexity index is 896. The lowest BCUT2D eigenvalue weighted by Gasteiger charge is -2.64. The van der Waals surface area contributed by atoms with Crippen molar-refractivity contribution in [3.8, 4) is 0 Å². The molecule has 0 N–H and O–H groups in total. The summed E-state index contributed by atoms with van der Waals surface area (Å²) in [4.78, 5) is 26.1. The van der Waals surface area contributed by atoms with Crippen LogP contribution in [-0.4, -0.2) is 23.1 Å². The van der Waals surface area contributed by atoms with Crippen molar-refractivity contribution in [1.82, 2.24) is 0 Å². The van der Waals surface area contributed by atoms with Gasteiger partial charge in [-0.15, -0.1) is 0 Å². The number of hydrogen-bond acceptors (Lipinski definition) is 4. The predicted molar refractivity (Wildman–Crippen MR) is 126 cm³/mol. The van der Waals surface area contributed by atoms with E-state index in [0.717, 1.165) is 38.5 Å². The first kappa shape index (κ1) is 22.2. The SMILES string of the molecule is C=C(CC(=O)OC12CC3C[C@@](C)(C1)C[C@](C)(C3)C2)C(=O)OC12CC3C[C@@](C)(C1)C[C@](C)(C3)C2. The van der Waals surface area contributed by atoms with Crippen LogP contribution in [0.4, 0.5) is 0 Å². The summed E-state index contributed by atoms with van der Waals surface area (Å²) in [5.41, 5.74) is 0.681. The van der Waals surface area contributed by atoms with Gasteiger partial charge in [0.1, 0.15) is 11.2 Å². The van der Waals surface area contributed by atoms with E-state index in [4.69, 9.17) is 9.47 Å². The van der Waals surface area contributed by atoms with E-state index in [2.05, 4.69) is 34.3 Å². The second kappa shape index (κ2) is 6.46. The average Bonchev–Trinajstić information content (AvgIpc) is 2.53. The molecule has 8 rings (SSSR count). The fourth-order valence-electron chi connectivity index (χ4n) is 11.7. The van der Waals surface area contributed by atoms with E-state index in [0.29, 0.717) is 11.8 Å². The first-order chi connectivity index (χ1) is 15.2. The normalized spacial score (nSPS) is 53.2. The van der Waals surface area contributed by atoms with E-state index in [1.54, 1.807) is 0 Å². The third kappa shape index (κ3) is 3.69. The monoisotopic (exact) mass is 454 g/mol. The van der Waals surface area contributed by atoms with Gasteiger partial charge in [-0.2, -0.15) is 0 Å². The molecule has 0 aromatic heterocycles. The molecule has 0 spiro atoms. The van der Waals surface area contributed by atoms with Gasteiger partial charge in [0.05, 0.1) is 6.42 Å². The maximum absolute atomic E-state index is 13.1. The van der Waals surface area contributed by atoms with Gasteiger partial charge < -0.3 is 9.47 Å². The number of esters is 2. The zero-order chi connectivity index (χ0) is 23.5. The summed E-state index contributed by atoms with van der Waals surface area (Å²) in [5.74, 6) is 0.637. The molecule has 4 heteroatoms. The Kier molecular flexibility index (Phi) is 4.34. The van der Waals surface area contributed by atoms with E-state index >= 15 is 0 Å². The molecule has 8 aliphatic rings. The van der Waals surface area contributed by atoms with Crippen LogP contribution < -0.4 is 0 Å². The van der Waals surface area contributed by atoms with E-state index in [1.165, 1.54) is 38.5 Å². The third-order valence-electron chi connectivity index (χ3n) is 10.4. The molecule has 0 radical (unpaired) electrons. The fourth-order valence-corrected chi connectivity index (χ4v) is 11.7. The first-order valence-electron chi connectivity index (χ1n) is 13.3. The van der Waals surface area contributed by atoms with Crippen LogP contribution in [0, 0.1) is 33.5 Å². The summed E-state index contributed by atoms with van der Waals surface area (Å²) in [6, 6.07) is 0. The molecule has 0 amide bonds. The van der Waals surface area contributed by atoms with Gasteiger partial charge in [0.25, 0.3) is 0 Å². The van der Waals surface area contributed by atoms with Crippen molar-refractivity contribution in [2.45, 2.75) is 122 Å². The standard InChI is InChI=1S/C29H42O4/c1-19(23(31)33-29-12-21-9-26(4,17-29)14-27(5,10-21)18-29)6-22(30)32-28-11-20-7-24(2,15-28)13-25(3,8-20)16-28/h20-21H,1,6-18H2,2-5H3/t20?,21?,24-,25+,26-,27+,28?,29?. The minimum absolute atomic E-state index is 0.0489. The molecule has 8 fully saturated rings. The summed E-state index contributed by atoms with van der Waals surface area (Å²) in [6.45, 7) is 13.5. The van der Waals surface area contributed by atoms with E-state index in [-0.39, 0.29) is 56.8 Å².